The number of esters is 1. The molecule has 2 heterocycles. The number of methoxy groups -OCH3 is 1. The molecule has 216 valence electrons. The summed E-state index contributed by atoms with van der Waals surface area (Å²) in [5.41, 5.74) is 0.361. The lowest BCUT2D eigenvalue weighted by Crippen LogP contribution is -2.51. The number of aromatic nitrogens is 1. The number of benzene rings is 3. The normalized spacial score (nSPS) is 18.7. The molecule has 9 nitrogen and oxygen atoms in total. The van der Waals surface area contributed by atoms with E-state index in [0.29, 0.717) is 51.8 Å². The highest BCUT2D eigenvalue weighted by atomic mass is 16.6. The molecule has 1 N–H and O–H groups in total. The van der Waals surface area contributed by atoms with Crippen molar-refractivity contribution in [1.29, 1.82) is 0 Å². The zero-order valence-corrected chi connectivity index (χ0v) is 24.5. The molecule has 4 aromatic rings. The number of aryl methyl sites for hydroxylation is 1. The third-order valence-electron chi connectivity index (χ3n) is 8.24. The minimum absolute atomic E-state index is 0.233. The van der Waals surface area contributed by atoms with Gasteiger partial charge in [0.1, 0.15) is 23.2 Å². The van der Waals surface area contributed by atoms with Gasteiger partial charge in [0.25, 0.3) is 0 Å². The Labute approximate surface area is 238 Å². The van der Waals surface area contributed by atoms with Gasteiger partial charge < -0.3 is 28.8 Å². The van der Waals surface area contributed by atoms with Crippen LogP contribution in [0.25, 0.3) is 32.6 Å². The molecule has 3 aromatic carbocycles. The first-order chi connectivity index (χ1) is 19.4. The second-order valence-electron chi connectivity index (χ2n) is 11.6. The molecular formula is C32H36N2O7. The fraction of sp³-hybridized carbons (Fsp3) is 0.406. The third kappa shape index (κ3) is 4.78. The van der Waals surface area contributed by atoms with Gasteiger partial charge in [-0.3, -0.25) is 14.4 Å². The predicted octanol–water partition coefficient (Wildman–Crippen LogP) is 4.90. The Kier molecular flexibility index (Phi) is 7.19. The maximum absolute atomic E-state index is 14.2. The topological polar surface area (TPSA) is 107 Å². The number of carbonyl (C=O) groups is 2. The number of ether oxygens (including phenoxy) is 3. The number of nitrogens with zero attached hydrogens (tertiary/aromatic N) is 2. The Morgan fingerprint density at radius 1 is 1.15 bits per heavy atom. The van der Waals surface area contributed by atoms with Gasteiger partial charge in [-0.15, -0.1) is 0 Å². The van der Waals surface area contributed by atoms with E-state index in [1.165, 1.54) is 14.0 Å². The van der Waals surface area contributed by atoms with E-state index in [9.17, 15) is 19.5 Å². The lowest BCUT2D eigenvalue weighted by Gasteiger charge is -2.47. The molecular weight excluding hydrogens is 524 g/mol. The minimum Gasteiger partial charge on any atom is -0.496 e. The number of aliphatic carboxylic acids is 1. The van der Waals surface area contributed by atoms with E-state index < -0.39 is 35.5 Å². The van der Waals surface area contributed by atoms with Gasteiger partial charge in [-0.2, -0.15) is 0 Å². The van der Waals surface area contributed by atoms with Crippen LogP contribution >= 0.6 is 0 Å². The fourth-order valence-electron chi connectivity index (χ4n) is 6.42. The number of carbonyl (C=O) groups excluding carboxylic acids is 1. The monoisotopic (exact) mass is 560 g/mol. The summed E-state index contributed by atoms with van der Waals surface area (Å²) in [7, 11) is 7.10. The smallest absolute Gasteiger partial charge is 0.307 e. The van der Waals surface area contributed by atoms with Crippen LogP contribution in [-0.2, 0) is 21.4 Å². The summed E-state index contributed by atoms with van der Waals surface area (Å²) in [6.45, 7) is 5.44. The van der Waals surface area contributed by atoms with Gasteiger partial charge in [-0.05, 0) is 63.8 Å². The molecule has 5 rings (SSSR count). The van der Waals surface area contributed by atoms with Crippen molar-refractivity contribution in [2.75, 3.05) is 27.7 Å². The van der Waals surface area contributed by atoms with Crippen molar-refractivity contribution in [3.05, 3.63) is 58.3 Å². The average molecular weight is 561 g/mol. The minimum atomic E-state index is -1.03. The van der Waals surface area contributed by atoms with Gasteiger partial charge in [0, 0.05) is 25.4 Å². The largest absolute Gasteiger partial charge is 0.496 e. The Hall–Kier alpha value is -4.11. The Balaban J connectivity index is 1.90. The fourth-order valence-corrected chi connectivity index (χ4v) is 6.42. The highest BCUT2D eigenvalue weighted by molar-refractivity contribution is 6.04. The quantitative estimate of drug-likeness (QED) is 0.251. The Morgan fingerprint density at radius 2 is 1.80 bits per heavy atom. The Bertz CT molecular complexity index is 1750. The molecule has 1 unspecified atom stereocenters. The van der Waals surface area contributed by atoms with E-state index in [1.807, 2.05) is 80.9 Å². The molecule has 1 aromatic heterocycles. The van der Waals surface area contributed by atoms with Crippen LogP contribution in [0.3, 0.4) is 0 Å². The molecule has 0 saturated carbocycles. The van der Waals surface area contributed by atoms with Crippen LogP contribution in [0.15, 0.2) is 47.3 Å². The number of fused-ring (bicyclic) bond motifs is 5. The summed E-state index contributed by atoms with van der Waals surface area (Å²) in [6.07, 6.45) is -0.680. The van der Waals surface area contributed by atoms with Crippen LogP contribution in [0.5, 0.6) is 11.5 Å². The van der Waals surface area contributed by atoms with Gasteiger partial charge >= 0.3 is 11.9 Å². The first kappa shape index (κ1) is 28.4. The molecule has 0 fully saturated rings. The van der Waals surface area contributed by atoms with Crippen LogP contribution in [0, 0.1) is 11.8 Å². The molecule has 0 saturated heterocycles. The van der Waals surface area contributed by atoms with Crippen LogP contribution in [-0.4, -0.2) is 59.9 Å². The standard InChI is InChI=1S/C32H36N2O7/c1-17(35)40-30-26-24(41-32(2,3)27(30)20(31(37)38)12-13-33(4)5)16-23(39-7)25-28(26)34(6)22-15-19-11-9-8-10-18(19)14-21(22)29(25)36/h8-11,14-16,20,27,30H,12-13H2,1-7H3,(H,37,38)/t20?,27-,30-/m0/s1. The number of carboxylic acid groups (broad SMARTS) is 1. The molecule has 41 heavy (non-hydrogen) atoms. The SMILES string of the molecule is COc1cc2c(c3c1c(=O)c1cc4ccccc4cc1n3C)[C@H](OC(C)=O)[C@H](C(CCN(C)C)C(=O)O)C(C)(C)O2. The zero-order valence-electron chi connectivity index (χ0n) is 24.5. The van der Waals surface area contributed by atoms with E-state index in [0.717, 1.165) is 10.8 Å². The first-order valence-corrected chi connectivity index (χ1v) is 13.7. The van der Waals surface area contributed by atoms with Crippen LogP contribution in [0.1, 0.15) is 38.9 Å². The van der Waals surface area contributed by atoms with E-state index in [-0.39, 0.29) is 5.43 Å². The highest BCUT2D eigenvalue weighted by Gasteiger charge is 2.52. The number of rotatable bonds is 7. The van der Waals surface area contributed by atoms with Crippen molar-refractivity contribution >= 4 is 44.5 Å². The zero-order chi connectivity index (χ0) is 29.8. The van der Waals surface area contributed by atoms with Gasteiger partial charge in [0.05, 0.1) is 40.9 Å². The number of hydrogen-bond acceptors (Lipinski definition) is 7. The molecule has 1 aliphatic rings. The number of carboxylic acids is 1. The third-order valence-corrected chi connectivity index (χ3v) is 8.24. The maximum atomic E-state index is 14.2. The van der Waals surface area contributed by atoms with Crippen molar-refractivity contribution < 1.29 is 28.9 Å². The molecule has 0 spiro atoms. The lowest BCUT2D eigenvalue weighted by atomic mass is 9.70. The maximum Gasteiger partial charge on any atom is 0.307 e. The summed E-state index contributed by atoms with van der Waals surface area (Å²) in [6, 6.07) is 13.3. The molecule has 0 amide bonds. The number of pyridine rings is 1. The predicted molar refractivity (Wildman–Crippen MR) is 158 cm³/mol. The molecule has 1 aliphatic heterocycles. The van der Waals surface area contributed by atoms with Gasteiger partial charge in [-0.1, -0.05) is 24.3 Å². The lowest BCUT2D eigenvalue weighted by molar-refractivity contribution is -0.170. The summed E-state index contributed by atoms with van der Waals surface area (Å²) in [4.78, 5) is 41.4. The molecule has 9 heteroatoms. The van der Waals surface area contributed by atoms with Gasteiger partial charge in [0.2, 0.25) is 5.43 Å². The van der Waals surface area contributed by atoms with Crippen LogP contribution in [0.2, 0.25) is 0 Å². The summed E-state index contributed by atoms with van der Waals surface area (Å²) in [5, 5.41) is 13.1. The van der Waals surface area contributed by atoms with E-state index in [1.54, 1.807) is 6.07 Å². The highest BCUT2D eigenvalue weighted by Crippen LogP contribution is 2.53. The van der Waals surface area contributed by atoms with Crippen molar-refractivity contribution in [2.45, 2.75) is 38.9 Å². The van der Waals surface area contributed by atoms with Crippen molar-refractivity contribution in [3.8, 4) is 11.5 Å². The summed E-state index contributed by atoms with van der Waals surface area (Å²) in [5.74, 6) is -2.50. The first-order valence-electron chi connectivity index (χ1n) is 13.7. The van der Waals surface area contributed by atoms with Crippen molar-refractivity contribution in [2.24, 2.45) is 18.9 Å². The van der Waals surface area contributed by atoms with E-state index in [2.05, 4.69) is 0 Å². The second-order valence-corrected chi connectivity index (χ2v) is 11.6. The van der Waals surface area contributed by atoms with E-state index >= 15 is 0 Å². The summed E-state index contributed by atoms with van der Waals surface area (Å²) >= 11 is 0. The van der Waals surface area contributed by atoms with Crippen LogP contribution in [0.4, 0.5) is 0 Å². The van der Waals surface area contributed by atoms with Crippen LogP contribution < -0.4 is 14.9 Å². The second kappa shape index (κ2) is 10.4. The van der Waals surface area contributed by atoms with Gasteiger partial charge in [0.15, 0.2) is 0 Å². The molecule has 0 radical (unpaired) electrons. The van der Waals surface area contributed by atoms with Gasteiger partial charge in [-0.25, -0.2) is 0 Å². The van der Waals surface area contributed by atoms with E-state index in [4.69, 9.17) is 14.2 Å². The molecule has 0 bridgehead atoms. The Morgan fingerprint density at radius 3 is 2.39 bits per heavy atom. The average Bonchev–Trinajstić information content (AvgIpc) is 2.90. The van der Waals surface area contributed by atoms with Crippen molar-refractivity contribution in [3.63, 3.8) is 0 Å². The summed E-state index contributed by atoms with van der Waals surface area (Å²) < 4.78 is 20.2. The molecule has 3 atom stereocenters. The number of hydrogen-bond donors (Lipinski definition) is 1. The molecule has 0 aliphatic carbocycles. The van der Waals surface area contributed by atoms with Crippen molar-refractivity contribution in [1.82, 2.24) is 9.47 Å².